The summed E-state index contributed by atoms with van der Waals surface area (Å²) in [5.41, 5.74) is 6.27. The molecule has 0 unspecified atom stereocenters. The third-order valence-electron chi connectivity index (χ3n) is 3.54. The third kappa shape index (κ3) is 2.48. The molecule has 2 aromatic carbocycles. The fraction of sp³-hybridized carbons (Fsp3) is 0.0625. The van der Waals surface area contributed by atoms with Gasteiger partial charge in [-0.25, -0.2) is 0 Å². The Labute approximate surface area is 130 Å². The van der Waals surface area contributed by atoms with Gasteiger partial charge < -0.3 is 15.5 Å². The highest BCUT2D eigenvalue weighted by Crippen LogP contribution is 2.32. The number of hydrogen-bond donors (Lipinski definition) is 2. The molecule has 7 heteroatoms. The van der Waals surface area contributed by atoms with Gasteiger partial charge in [-0.2, -0.15) is 0 Å². The van der Waals surface area contributed by atoms with Crippen molar-refractivity contribution in [2.75, 3.05) is 18.1 Å². The molecule has 0 bridgehead atoms. The summed E-state index contributed by atoms with van der Waals surface area (Å²) in [5.74, 6) is 0.249. The summed E-state index contributed by atoms with van der Waals surface area (Å²) in [5, 5.41) is 14.3. The Bertz CT molecular complexity index is 961. The van der Waals surface area contributed by atoms with Crippen molar-refractivity contribution < 1.29 is 9.34 Å². The molecule has 0 saturated heterocycles. The van der Waals surface area contributed by atoms with Crippen LogP contribution < -0.4 is 16.5 Å². The Kier molecular flexibility index (Phi) is 3.46. The molecular formula is C16H13N3O4. The van der Waals surface area contributed by atoms with Gasteiger partial charge >= 0.3 is 5.69 Å². The molecule has 0 aliphatic heterocycles. The van der Waals surface area contributed by atoms with Gasteiger partial charge in [-0.1, -0.05) is 0 Å². The van der Waals surface area contributed by atoms with Gasteiger partial charge in [0.1, 0.15) is 11.4 Å². The largest absolute Gasteiger partial charge is 0.448 e. The lowest BCUT2D eigenvalue weighted by Crippen LogP contribution is -2.04. The maximum Gasteiger partial charge on any atom is 0.334 e. The van der Waals surface area contributed by atoms with Crippen molar-refractivity contribution in [3.05, 3.63) is 62.8 Å². The van der Waals surface area contributed by atoms with Crippen molar-refractivity contribution in [1.82, 2.24) is 0 Å². The first-order valence-corrected chi connectivity index (χ1v) is 6.80. The number of benzene rings is 2. The molecule has 0 atom stereocenters. The van der Waals surface area contributed by atoms with Gasteiger partial charge in [-0.15, -0.1) is 0 Å². The number of nitro groups is 1. The van der Waals surface area contributed by atoms with Crippen molar-refractivity contribution >= 4 is 28.0 Å². The molecule has 1 aromatic heterocycles. The van der Waals surface area contributed by atoms with Crippen molar-refractivity contribution in [1.29, 1.82) is 0 Å². The average molecular weight is 311 g/mol. The number of anilines is 2. The van der Waals surface area contributed by atoms with Gasteiger partial charge in [0, 0.05) is 24.4 Å². The molecule has 0 aliphatic rings. The van der Waals surface area contributed by atoms with Gasteiger partial charge in [-0.05, 0) is 36.4 Å². The molecule has 1 heterocycles. The topological polar surface area (TPSA) is 111 Å². The Balaban J connectivity index is 2.29. The maximum atomic E-state index is 12.2. The number of nitrogens with one attached hydrogen (secondary N) is 1. The summed E-state index contributed by atoms with van der Waals surface area (Å²) < 4.78 is 5.63. The highest BCUT2D eigenvalue weighted by atomic mass is 16.6. The zero-order valence-corrected chi connectivity index (χ0v) is 12.2. The number of rotatable bonds is 3. The van der Waals surface area contributed by atoms with Crippen LogP contribution >= 0.6 is 0 Å². The van der Waals surface area contributed by atoms with Gasteiger partial charge in [0.2, 0.25) is 5.58 Å². The fourth-order valence-electron chi connectivity index (χ4n) is 2.35. The zero-order chi connectivity index (χ0) is 16.6. The van der Waals surface area contributed by atoms with Crippen LogP contribution in [0.2, 0.25) is 0 Å². The first kappa shape index (κ1) is 14.6. The first-order valence-electron chi connectivity index (χ1n) is 6.80. The summed E-state index contributed by atoms with van der Waals surface area (Å²) in [6, 6.07) is 11.2. The quantitative estimate of drug-likeness (QED) is 0.437. The van der Waals surface area contributed by atoms with E-state index in [4.69, 9.17) is 10.2 Å². The van der Waals surface area contributed by atoms with Crippen molar-refractivity contribution in [3.8, 4) is 11.3 Å². The Morgan fingerprint density at radius 1 is 1.17 bits per heavy atom. The predicted molar refractivity (Wildman–Crippen MR) is 88.5 cm³/mol. The Morgan fingerprint density at radius 2 is 1.87 bits per heavy atom. The van der Waals surface area contributed by atoms with Crippen LogP contribution in [-0.2, 0) is 0 Å². The second-order valence-corrected chi connectivity index (χ2v) is 4.94. The zero-order valence-electron chi connectivity index (χ0n) is 12.2. The molecule has 0 saturated carbocycles. The highest BCUT2D eigenvalue weighted by molar-refractivity contribution is 5.92. The van der Waals surface area contributed by atoms with Crippen LogP contribution in [-0.4, -0.2) is 12.0 Å². The predicted octanol–water partition coefficient (Wildman–Crippen LogP) is 2.99. The van der Waals surface area contributed by atoms with Gasteiger partial charge in [0.05, 0.1) is 10.3 Å². The summed E-state index contributed by atoms with van der Waals surface area (Å²) >= 11 is 0. The molecule has 116 valence electrons. The minimum absolute atomic E-state index is 0.0478. The van der Waals surface area contributed by atoms with Crippen LogP contribution in [0.1, 0.15) is 0 Å². The van der Waals surface area contributed by atoms with Crippen LogP contribution in [0, 0.1) is 10.1 Å². The molecule has 0 radical (unpaired) electrons. The van der Waals surface area contributed by atoms with E-state index in [1.165, 1.54) is 18.2 Å². The number of nitrogens with zero attached hydrogens (tertiary/aromatic N) is 1. The SMILES string of the molecule is CNc1ccc(-c2cc(=O)c3ccc(N)c([N+](=O)[O-])c3o2)cc1. The van der Waals surface area contributed by atoms with E-state index in [1.807, 2.05) is 12.1 Å². The Hall–Kier alpha value is -3.35. The highest BCUT2D eigenvalue weighted by Gasteiger charge is 2.21. The monoisotopic (exact) mass is 311 g/mol. The summed E-state index contributed by atoms with van der Waals surface area (Å²) in [6.07, 6.45) is 0. The van der Waals surface area contributed by atoms with E-state index in [0.29, 0.717) is 5.56 Å². The second kappa shape index (κ2) is 5.45. The van der Waals surface area contributed by atoms with E-state index >= 15 is 0 Å². The molecule has 3 N–H and O–H groups in total. The summed E-state index contributed by atoms with van der Waals surface area (Å²) in [7, 11) is 1.79. The number of hydrogen-bond acceptors (Lipinski definition) is 6. The Morgan fingerprint density at radius 3 is 2.48 bits per heavy atom. The van der Waals surface area contributed by atoms with Crippen LogP contribution in [0.25, 0.3) is 22.3 Å². The number of nitrogen functional groups attached to an aromatic ring is 1. The molecule has 0 amide bonds. The van der Waals surface area contributed by atoms with Crippen molar-refractivity contribution in [3.63, 3.8) is 0 Å². The summed E-state index contributed by atoms with van der Waals surface area (Å²) in [6.45, 7) is 0. The van der Waals surface area contributed by atoms with Crippen LogP contribution in [0.4, 0.5) is 17.1 Å². The van der Waals surface area contributed by atoms with Gasteiger partial charge in [0.25, 0.3) is 0 Å². The first-order chi connectivity index (χ1) is 11.0. The van der Waals surface area contributed by atoms with Crippen LogP contribution in [0.5, 0.6) is 0 Å². The number of fused-ring (bicyclic) bond motifs is 1. The molecular weight excluding hydrogens is 298 g/mol. The van der Waals surface area contributed by atoms with E-state index in [1.54, 1.807) is 19.2 Å². The van der Waals surface area contributed by atoms with E-state index in [0.717, 1.165) is 5.69 Å². The van der Waals surface area contributed by atoms with E-state index in [-0.39, 0.29) is 27.8 Å². The van der Waals surface area contributed by atoms with Gasteiger partial charge in [0.15, 0.2) is 5.43 Å². The molecule has 3 aromatic rings. The molecule has 0 aliphatic carbocycles. The molecule has 3 rings (SSSR count). The second-order valence-electron chi connectivity index (χ2n) is 4.94. The average Bonchev–Trinajstić information content (AvgIpc) is 2.54. The lowest BCUT2D eigenvalue weighted by Gasteiger charge is -2.06. The molecule has 23 heavy (non-hydrogen) atoms. The number of nitro benzene ring substituents is 1. The lowest BCUT2D eigenvalue weighted by molar-refractivity contribution is -0.382. The lowest BCUT2D eigenvalue weighted by atomic mass is 10.1. The van der Waals surface area contributed by atoms with E-state index in [2.05, 4.69) is 5.32 Å². The molecule has 0 fully saturated rings. The van der Waals surface area contributed by atoms with E-state index in [9.17, 15) is 14.9 Å². The normalized spacial score (nSPS) is 10.7. The molecule has 0 spiro atoms. The maximum absolute atomic E-state index is 12.2. The third-order valence-corrected chi connectivity index (χ3v) is 3.54. The summed E-state index contributed by atoms with van der Waals surface area (Å²) in [4.78, 5) is 22.8. The van der Waals surface area contributed by atoms with Crippen LogP contribution in [0.3, 0.4) is 0 Å². The minimum atomic E-state index is -0.644. The fourth-order valence-corrected chi connectivity index (χ4v) is 2.35. The van der Waals surface area contributed by atoms with Gasteiger partial charge in [-0.3, -0.25) is 14.9 Å². The van der Waals surface area contributed by atoms with E-state index < -0.39 is 10.6 Å². The van der Waals surface area contributed by atoms with Crippen molar-refractivity contribution in [2.24, 2.45) is 0 Å². The standard InChI is InChI=1S/C16H13N3O4/c1-18-10-4-2-9(3-5-10)14-8-13(20)11-6-7-12(17)15(19(21)22)16(11)23-14/h2-8,18H,17H2,1H3. The molecule has 7 nitrogen and oxygen atoms in total. The van der Waals surface area contributed by atoms with Crippen LogP contribution in [0.15, 0.2) is 51.7 Å². The van der Waals surface area contributed by atoms with Crippen molar-refractivity contribution in [2.45, 2.75) is 0 Å². The number of nitrogens with two attached hydrogens (primary N) is 1. The smallest absolute Gasteiger partial charge is 0.334 e. The minimum Gasteiger partial charge on any atom is -0.448 e.